The lowest BCUT2D eigenvalue weighted by atomic mass is 10.2. The lowest BCUT2D eigenvalue weighted by Gasteiger charge is -2.01. The van der Waals surface area contributed by atoms with E-state index in [-0.39, 0.29) is 18.2 Å². The van der Waals surface area contributed by atoms with Crippen LogP contribution in [0.5, 0.6) is 0 Å². The average molecular weight is 512 g/mol. The molecule has 23 heavy (non-hydrogen) atoms. The number of thiazole rings is 1. The molecule has 0 saturated carbocycles. The van der Waals surface area contributed by atoms with Crippen molar-refractivity contribution < 1.29 is 13.9 Å². The van der Waals surface area contributed by atoms with Crippen LogP contribution in [0, 0.1) is 9.39 Å². The first-order valence-electron chi connectivity index (χ1n) is 6.53. The maximum Gasteiger partial charge on any atom is 0.311 e. The van der Waals surface area contributed by atoms with Gasteiger partial charge in [-0.2, -0.15) is 5.10 Å². The number of anilines is 1. The molecule has 1 N–H and O–H groups in total. The molecule has 0 aliphatic heterocycles. The number of carbonyl (C=O) groups excluding carboxylic acids is 1. The Morgan fingerprint density at radius 3 is 3.13 bits per heavy atom. The number of ether oxygens (including phenoxy) is 1. The predicted molar refractivity (Wildman–Crippen MR) is 100 cm³/mol. The van der Waals surface area contributed by atoms with Crippen molar-refractivity contribution >= 4 is 67.2 Å². The molecule has 122 valence electrons. The largest absolute Gasteiger partial charge is 0.466 e. The fraction of sp³-hybridized carbons (Fsp3) is 0.214. The Bertz CT molecular complexity index is 739. The van der Waals surface area contributed by atoms with Gasteiger partial charge >= 0.3 is 5.97 Å². The predicted octanol–water partition coefficient (Wildman–Crippen LogP) is 4.20. The fourth-order valence-electron chi connectivity index (χ4n) is 1.63. The lowest BCUT2D eigenvalue weighted by molar-refractivity contribution is -0.142. The molecular weight excluding hydrogens is 500 g/mol. The van der Waals surface area contributed by atoms with Crippen molar-refractivity contribution in [3.63, 3.8) is 0 Å². The van der Waals surface area contributed by atoms with Crippen molar-refractivity contribution in [2.45, 2.75) is 13.3 Å². The summed E-state index contributed by atoms with van der Waals surface area (Å²) in [6.07, 6.45) is 1.63. The number of aromatic nitrogens is 1. The first-order chi connectivity index (χ1) is 11.0. The minimum absolute atomic E-state index is 0.128. The van der Waals surface area contributed by atoms with Crippen molar-refractivity contribution in [2.24, 2.45) is 5.10 Å². The van der Waals surface area contributed by atoms with Gasteiger partial charge in [-0.1, -0.05) is 0 Å². The van der Waals surface area contributed by atoms with Crippen LogP contribution in [0.2, 0.25) is 0 Å². The number of nitrogens with one attached hydrogen (secondary N) is 1. The van der Waals surface area contributed by atoms with Crippen molar-refractivity contribution in [1.82, 2.24) is 4.98 Å². The third-order valence-corrected chi connectivity index (χ3v) is 5.84. The molecule has 0 bridgehead atoms. The van der Waals surface area contributed by atoms with Crippen LogP contribution in [0.3, 0.4) is 0 Å². The summed E-state index contributed by atoms with van der Waals surface area (Å²) in [5.41, 5.74) is 4.00. The molecule has 0 spiro atoms. The highest BCUT2D eigenvalue weighted by atomic mass is 127. The number of hydrogen-bond donors (Lipinski definition) is 1. The average Bonchev–Trinajstić information content (AvgIpc) is 2.91. The quantitative estimate of drug-likeness (QED) is 0.207. The summed E-state index contributed by atoms with van der Waals surface area (Å²) in [5.74, 6) is -0.642. The van der Waals surface area contributed by atoms with Crippen molar-refractivity contribution in [3.05, 3.63) is 42.6 Å². The fourth-order valence-corrected chi connectivity index (χ4v) is 3.23. The summed E-state index contributed by atoms with van der Waals surface area (Å²) in [6, 6.07) is 2.81. The molecule has 0 radical (unpaired) electrons. The Balaban J connectivity index is 1.99. The summed E-state index contributed by atoms with van der Waals surface area (Å²) in [4.78, 5) is 15.6. The first kappa shape index (κ1) is 18.3. The molecule has 0 fully saturated rings. The Hall–Kier alpha value is -1.07. The number of benzene rings is 1. The van der Waals surface area contributed by atoms with Crippen LogP contribution in [0.4, 0.5) is 9.52 Å². The molecule has 1 aromatic heterocycles. The first-order valence-corrected chi connectivity index (χ1v) is 9.28. The van der Waals surface area contributed by atoms with Gasteiger partial charge in [0.1, 0.15) is 5.82 Å². The zero-order valence-electron chi connectivity index (χ0n) is 12.0. The highest BCUT2D eigenvalue weighted by Gasteiger charge is 2.08. The second-order valence-corrected chi connectivity index (χ2v) is 7.10. The minimum Gasteiger partial charge on any atom is -0.466 e. The SMILES string of the molecule is CCOC(=O)Cc1csc(NN=Cc2cc(F)cc(I)c2Br)n1. The van der Waals surface area contributed by atoms with Gasteiger partial charge in [0, 0.05) is 19.0 Å². The van der Waals surface area contributed by atoms with Crippen LogP contribution in [0.25, 0.3) is 0 Å². The molecule has 0 amide bonds. The molecule has 0 aliphatic carbocycles. The molecule has 0 saturated heterocycles. The number of carbonyl (C=O) groups is 1. The van der Waals surface area contributed by atoms with E-state index in [2.05, 4.69) is 31.4 Å². The highest BCUT2D eigenvalue weighted by Crippen LogP contribution is 2.24. The second-order valence-electron chi connectivity index (χ2n) is 4.29. The van der Waals surface area contributed by atoms with Crippen LogP contribution in [0.15, 0.2) is 27.1 Å². The maximum absolute atomic E-state index is 13.4. The van der Waals surface area contributed by atoms with E-state index in [1.54, 1.807) is 12.3 Å². The lowest BCUT2D eigenvalue weighted by Crippen LogP contribution is -2.07. The van der Waals surface area contributed by atoms with Gasteiger partial charge in [0.15, 0.2) is 0 Å². The number of hydrazone groups is 1. The van der Waals surface area contributed by atoms with Gasteiger partial charge in [-0.15, -0.1) is 11.3 Å². The minimum atomic E-state index is -0.329. The molecule has 0 aliphatic rings. The molecule has 2 aromatic rings. The molecule has 1 aromatic carbocycles. The zero-order chi connectivity index (χ0) is 16.8. The monoisotopic (exact) mass is 511 g/mol. The normalized spacial score (nSPS) is 11.0. The van der Waals surface area contributed by atoms with Gasteiger partial charge in [0.2, 0.25) is 5.13 Å². The number of nitrogens with zero attached hydrogens (tertiary/aromatic N) is 2. The van der Waals surface area contributed by atoms with Crippen LogP contribution >= 0.6 is 49.9 Å². The van der Waals surface area contributed by atoms with E-state index in [9.17, 15) is 9.18 Å². The number of rotatable bonds is 6. The van der Waals surface area contributed by atoms with Crippen LogP contribution in [0.1, 0.15) is 18.2 Å². The summed E-state index contributed by atoms with van der Waals surface area (Å²) in [6.45, 7) is 2.10. The molecule has 2 rings (SSSR count). The summed E-state index contributed by atoms with van der Waals surface area (Å²) in [5, 5.41) is 6.34. The smallest absolute Gasteiger partial charge is 0.311 e. The third-order valence-electron chi connectivity index (χ3n) is 2.57. The van der Waals surface area contributed by atoms with E-state index < -0.39 is 0 Å². The Morgan fingerprint density at radius 1 is 1.61 bits per heavy atom. The highest BCUT2D eigenvalue weighted by molar-refractivity contribution is 14.1. The maximum atomic E-state index is 13.4. The van der Waals surface area contributed by atoms with Crippen LogP contribution in [-0.2, 0) is 16.0 Å². The number of hydrogen-bond acceptors (Lipinski definition) is 6. The van der Waals surface area contributed by atoms with Gasteiger partial charge in [0.05, 0.1) is 24.9 Å². The van der Waals surface area contributed by atoms with Crippen molar-refractivity contribution in [1.29, 1.82) is 0 Å². The summed E-state index contributed by atoms with van der Waals surface area (Å²) >= 11 is 6.75. The van der Waals surface area contributed by atoms with Crippen LogP contribution < -0.4 is 5.43 Å². The number of halogens is 3. The van der Waals surface area contributed by atoms with Crippen molar-refractivity contribution in [3.8, 4) is 0 Å². The standard InChI is InChI=1S/C14H12BrFIN3O2S/c1-2-22-12(21)5-10-7-23-14(19-10)20-18-6-8-3-9(16)4-11(17)13(8)15/h3-4,6-7H,2,5H2,1H3,(H,19,20). The van der Waals surface area contributed by atoms with Gasteiger partial charge in [-0.05, 0) is 57.6 Å². The van der Waals surface area contributed by atoms with E-state index in [0.717, 1.165) is 8.04 Å². The molecular formula is C14H12BrFIN3O2S. The molecule has 0 unspecified atom stereocenters. The summed E-state index contributed by atoms with van der Waals surface area (Å²) < 4.78 is 19.8. The molecule has 1 heterocycles. The van der Waals surface area contributed by atoms with Crippen LogP contribution in [-0.4, -0.2) is 23.8 Å². The third kappa shape index (κ3) is 5.50. The Labute approximate surface area is 158 Å². The van der Waals surface area contributed by atoms with Gasteiger partial charge < -0.3 is 4.74 Å². The second kappa shape index (κ2) is 8.69. The van der Waals surface area contributed by atoms with E-state index in [1.807, 2.05) is 22.6 Å². The molecule has 0 atom stereocenters. The van der Waals surface area contributed by atoms with Gasteiger partial charge in [0.25, 0.3) is 0 Å². The Morgan fingerprint density at radius 2 is 2.39 bits per heavy atom. The van der Waals surface area contributed by atoms with Crippen molar-refractivity contribution in [2.75, 3.05) is 12.0 Å². The number of esters is 1. The summed E-state index contributed by atoms with van der Waals surface area (Å²) in [7, 11) is 0. The topological polar surface area (TPSA) is 63.6 Å². The van der Waals surface area contributed by atoms with E-state index in [1.165, 1.54) is 29.7 Å². The molecule has 5 nitrogen and oxygen atoms in total. The van der Waals surface area contributed by atoms with Gasteiger partial charge in [-0.25, -0.2) is 9.37 Å². The van der Waals surface area contributed by atoms with Gasteiger partial charge in [-0.3, -0.25) is 10.2 Å². The zero-order valence-corrected chi connectivity index (χ0v) is 16.5. The van der Waals surface area contributed by atoms with E-state index in [4.69, 9.17) is 4.74 Å². The van der Waals surface area contributed by atoms with E-state index >= 15 is 0 Å². The molecule has 9 heteroatoms. The Kier molecular flexibility index (Phi) is 6.90. The van der Waals surface area contributed by atoms with E-state index in [0.29, 0.717) is 23.0 Å².